The van der Waals surface area contributed by atoms with E-state index in [1.54, 1.807) is 69.5 Å². The Hall–Kier alpha value is -3.85. The van der Waals surface area contributed by atoms with E-state index in [1.165, 1.54) is 17.0 Å². The van der Waals surface area contributed by atoms with Crippen molar-refractivity contribution < 1.29 is 22.7 Å². The van der Waals surface area contributed by atoms with Gasteiger partial charge in [-0.15, -0.1) is 0 Å². The second-order valence-electron chi connectivity index (χ2n) is 9.32. The van der Waals surface area contributed by atoms with Gasteiger partial charge in [-0.3, -0.25) is 13.9 Å². The van der Waals surface area contributed by atoms with Gasteiger partial charge in [0.1, 0.15) is 18.3 Å². The van der Waals surface area contributed by atoms with Crippen LogP contribution < -0.4 is 14.4 Å². The van der Waals surface area contributed by atoms with Gasteiger partial charge in [0.25, 0.3) is 10.0 Å². The molecule has 3 aromatic rings. The number of nitrogens with one attached hydrogen (secondary N) is 1. The fraction of sp³-hybridized carbons (Fsp3) is 0.310. The number of benzene rings is 3. The number of amides is 2. The van der Waals surface area contributed by atoms with Crippen LogP contribution in [0.3, 0.4) is 0 Å². The molecule has 3 aromatic carbocycles. The van der Waals surface area contributed by atoms with Gasteiger partial charge in [-0.2, -0.15) is 0 Å². The Balaban J connectivity index is 2.02. The lowest BCUT2D eigenvalue weighted by Gasteiger charge is -2.32. The Labute approximate surface area is 225 Å². The summed E-state index contributed by atoms with van der Waals surface area (Å²) in [7, 11) is -2.52. The van der Waals surface area contributed by atoms with Gasteiger partial charge in [0, 0.05) is 12.6 Å². The number of methoxy groups -OCH3 is 1. The summed E-state index contributed by atoms with van der Waals surface area (Å²) in [5, 5.41) is 2.85. The summed E-state index contributed by atoms with van der Waals surface area (Å²) in [6.45, 7) is 6.75. The third-order valence-electron chi connectivity index (χ3n) is 6.10. The highest BCUT2D eigenvalue weighted by atomic mass is 32.2. The fourth-order valence-electron chi connectivity index (χ4n) is 3.99. The second-order valence-corrected chi connectivity index (χ2v) is 11.2. The molecule has 0 aliphatic rings. The SMILES string of the molecule is COc1ccc(CN(C(=O)CN(c2ccccc2C)S(=O)(=O)c2ccccc2)[C@H](C)C(=O)NC(C)C)cc1. The summed E-state index contributed by atoms with van der Waals surface area (Å²) in [5.41, 5.74) is 1.87. The fourth-order valence-corrected chi connectivity index (χ4v) is 5.49. The molecule has 38 heavy (non-hydrogen) atoms. The average molecular weight is 538 g/mol. The predicted molar refractivity (Wildman–Crippen MR) is 148 cm³/mol. The van der Waals surface area contributed by atoms with Gasteiger partial charge >= 0.3 is 0 Å². The first-order valence-corrected chi connectivity index (χ1v) is 13.8. The quantitative estimate of drug-likeness (QED) is 0.397. The molecule has 0 radical (unpaired) electrons. The number of para-hydroxylation sites is 1. The number of carbonyl (C=O) groups is 2. The number of ether oxygens (including phenoxy) is 1. The Kier molecular flexibility index (Phi) is 9.52. The summed E-state index contributed by atoms with van der Waals surface area (Å²) in [5.74, 6) is -0.165. The van der Waals surface area contributed by atoms with E-state index in [2.05, 4.69) is 5.32 Å². The Bertz CT molecular complexity index is 1340. The highest BCUT2D eigenvalue weighted by Crippen LogP contribution is 2.27. The largest absolute Gasteiger partial charge is 0.497 e. The van der Waals surface area contributed by atoms with Gasteiger partial charge < -0.3 is 15.0 Å². The Morgan fingerprint density at radius 1 is 0.895 bits per heavy atom. The van der Waals surface area contributed by atoms with E-state index in [1.807, 2.05) is 32.0 Å². The van der Waals surface area contributed by atoms with Crippen LogP contribution in [0.25, 0.3) is 0 Å². The lowest BCUT2D eigenvalue weighted by Crippen LogP contribution is -2.52. The third kappa shape index (κ3) is 6.92. The first-order valence-electron chi connectivity index (χ1n) is 12.4. The zero-order valence-corrected chi connectivity index (χ0v) is 23.2. The lowest BCUT2D eigenvalue weighted by atomic mass is 10.1. The van der Waals surface area contributed by atoms with E-state index >= 15 is 0 Å². The number of hydrogen-bond donors (Lipinski definition) is 1. The minimum Gasteiger partial charge on any atom is -0.497 e. The summed E-state index contributed by atoms with van der Waals surface area (Å²) in [6.07, 6.45) is 0. The van der Waals surface area contributed by atoms with E-state index in [-0.39, 0.29) is 23.4 Å². The zero-order chi connectivity index (χ0) is 27.9. The maximum atomic E-state index is 13.9. The van der Waals surface area contributed by atoms with Crippen molar-refractivity contribution in [1.29, 1.82) is 0 Å². The van der Waals surface area contributed by atoms with E-state index in [0.717, 1.165) is 9.87 Å². The molecular weight excluding hydrogens is 502 g/mol. The number of hydrogen-bond acceptors (Lipinski definition) is 5. The molecule has 0 spiro atoms. The van der Waals surface area contributed by atoms with Crippen molar-refractivity contribution >= 4 is 27.5 Å². The average Bonchev–Trinajstić information content (AvgIpc) is 2.90. The number of sulfonamides is 1. The van der Waals surface area contributed by atoms with Gasteiger partial charge in [0.2, 0.25) is 11.8 Å². The van der Waals surface area contributed by atoms with Crippen molar-refractivity contribution in [2.24, 2.45) is 0 Å². The number of anilines is 1. The van der Waals surface area contributed by atoms with E-state index in [0.29, 0.717) is 17.0 Å². The number of nitrogens with zero attached hydrogens (tertiary/aromatic N) is 2. The number of carbonyl (C=O) groups excluding carboxylic acids is 2. The van der Waals surface area contributed by atoms with Gasteiger partial charge in [0.15, 0.2) is 0 Å². The van der Waals surface area contributed by atoms with Crippen LogP contribution in [0.4, 0.5) is 5.69 Å². The standard InChI is InChI=1S/C29H35N3O5S/c1-21(2)30-29(34)23(4)31(19-24-15-17-25(37-5)18-16-24)28(33)20-32(27-14-10-9-11-22(27)3)38(35,36)26-12-7-6-8-13-26/h6-18,21,23H,19-20H2,1-5H3,(H,30,34)/t23-/m1/s1. The summed E-state index contributed by atoms with van der Waals surface area (Å²) < 4.78 is 33.9. The molecular formula is C29H35N3O5S. The predicted octanol–water partition coefficient (Wildman–Crippen LogP) is 4.14. The molecule has 0 unspecified atom stereocenters. The Morgan fingerprint density at radius 2 is 1.50 bits per heavy atom. The van der Waals surface area contributed by atoms with Crippen molar-refractivity contribution in [3.63, 3.8) is 0 Å². The molecule has 3 rings (SSSR count). The van der Waals surface area contributed by atoms with Crippen LogP contribution >= 0.6 is 0 Å². The molecule has 0 aliphatic heterocycles. The number of aryl methyl sites for hydroxylation is 1. The normalized spacial score (nSPS) is 12.1. The Morgan fingerprint density at radius 3 is 2.08 bits per heavy atom. The van der Waals surface area contributed by atoms with Gasteiger partial charge in [-0.05, 0) is 69.2 Å². The lowest BCUT2D eigenvalue weighted by molar-refractivity contribution is -0.139. The van der Waals surface area contributed by atoms with Gasteiger partial charge in [0.05, 0.1) is 17.7 Å². The smallest absolute Gasteiger partial charge is 0.264 e. The van der Waals surface area contributed by atoms with Crippen LogP contribution in [0.5, 0.6) is 5.75 Å². The molecule has 0 bridgehead atoms. The maximum Gasteiger partial charge on any atom is 0.264 e. The molecule has 0 fully saturated rings. The van der Waals surface area contributed by atoms with Crippen LogP contribution in [-0.2, 0) is 26.2 Å². The molecule has 0 saturated carbocycles. The molecule has 0 aliphatic carbocycles. The van der Waals surface area contributed by atoms with E-state index in [4.69, 9.17) is 4.74 Å². The van der Waals surface area contributed by atoms with Crippen LogP contribution in [0, 0.1) is 6.92 Å². The zero-order valence-electron chi connectivity index (χ0n) is 22.4. The second kappa shape index (κ2) is 12.6. The maximum absolute atomic E-state index is 13.9. The molecule has 9 heteroatoms. The first kappa shape index (κ1) is 28.7. The van der Waals surface area contributed by atoms with Crippen molar-refractivity contribution in [2.75, 3.05) is 18.0 Å². The molecule has 0 saturated heterocycles. The van der Waals surface area contributed by atoms with Crippen LogP contribution in [0.2, 0.25) is 0 Å². The van der Waals surface area contributed by atoms with Crippen molar-refractivity contribution in [1.82, 2.24) is 10.2 Å². The minimum absolute atomic E-state index is 0.0726. The molecule has 202 valence electrons. The summed E-state index contributed by atoms with van der Waals surface area (Å²) in [4.78, 5) is 28.3. The van der Waals surface area contributed by atoms with Gasteiger partial charge in [-0.1, -0.05) is 48.5 Å². The highest BCUT2D eigenvalue weighted by Gasteiger charge is 2.33. The molecule has 1 atom stereocenters. The molecule has 2 amide bonds. The van der Waals surface area contributed by atoms with Crippen LogP contribution in [0.1, 0.15) is 31.9 Å². The van der Waals surface area contributed by atoms with Crippen molar-refractivity contribution in [2.45, 2.75) is 51.2 Å². The summed E-state index contributed by atoms with van der Waals surface area (Å²) >= 11 is 0. The van der Waals surface area contributed by atoms with E-state index < -0.39 is 28.5 Å². The third-order valence-corrected chi connectivity index (χ3v) is 7.88. The molecule has 1 N–H and O–H groups in total. The van der Waals surface area contributed by atoms with Crippen LogP contribution in [0.15, 0.2) is 83.8 Å². The number of rotatable bonds is 11. The highest BCUT2D eigenvalue weighted by molar-refractivity contribution is 7.92. The topological polar surface area (TPSA) is 96.0 Å². The molecule has 0 aromatic heterocycles. The van der Waals surface area contributed by atoms with Gasteiger partial charge in [-0.25, -0.2) is 8.42 Å². The summed E-state index contributed by atoms with van der Waals surface area (Å²) in [6, 6.07) is 21.2. The monoisotopic (exact) mass is 537 g/mol. The minimum atomic E-state index is -4.08. The van der Waals surface area contributed by atoms with Crippen molar-refractivity contribution in [3.05, 3.63) is 90.0 Å². The van der Waals surface area contributed by atoms with E-state index in [9.17, 15) is 18.0 Å². The van der Waals surface area contributed by atoms with Crippen LogP contribution in [-0.4, -0.2) is 50.9 Å². The molecule has 8 nitrogen and oxygen atoms in total. The first-order chi connectivity index (χ1) is 18.0. The molecule has 0 heterocycles. The van der Waals surface area contributed by atoms with Crippen molar-refractivity contribution in [3.8, 4) is 5.75 Å².